The van der Waals surface area contributed by atoms with Crippen molar-refractivity contribution in [3.8, 4) is 0 Å². The predicted molar refractivity (Wildman–Crippen MR) is 93.4 cm³/mol. The molecule has 0 aliphatic carbocycles. The van der Waals surface area contributed by atoms with Gasteiger partial charge in [-0.2, -0.15) is 0 Å². The first kappa shape index (κ1) is 17.1. The Morgan fingerprint density at radius 2 is 1.83 bits per heavy atom. The van der Waals surface area contributed by atoms with Gasteiger partial charge in [0, 0.05) is 18.3 Å². The molecule has 5 nitrogen and oxygen atoms in total. The number of amides is 2. The molecule has 0 aromatic heterocycles. The van der Waals surface area contributed by atoms with E-state index < -0.39 is 0 Å². The van der Waals surface area contributed by atoms with Crippen LogP contribution in [0, 0.1) is 0 Å². The van der Waals surface area contributed by atoms with Gasteiger partial charge < -0.3 is 16.0 Å². The maximum Gasteiger partial charge on any atom is 0.251 e. The van der Waals surface area contributed by atoms with Gasteiger partial charge in [0.15, 0.2) is 0 Å². The first-order valence-electron chi connectivity index (χ1n) is 6.81. The van der Waals surface area contributed by atoms with E-state index in [0.717, 1.165) is 0 Å². The molecule has 3 N–H and O–H groups in total. The standard InChI is InChI=1S/C16H15Cl2N3O2/c1-19-16(23)10-4-2-5-11(8-10)21-14(22)9-20-13-7-3-6-12(17)15(13)18/h2-8,20H,9H2,1H3,(H,19,23)(H,21,22). The second-order valence-electron chi connectivity index (χ2n) is 4.66. The van der Waals surface area contributed by atoms with E-state index in [4.69, 9.17) is 23.2 Å². The molecule has 7 heteroatoms. The summed E-state index contributed by atoms with van der Waals surface area (Å²) in [4.78, 5) is 23.6. The van der Waals surface area contributed by atoms with Gasteiger partial charge in [0.2, 0.25) is 5.91 Å². The van der Waals surface area contributed by atoms with Crippen molar-refractivity contribution in [1.82, 2.24) is 5.32 Å². The quantitative estimate of drug-likeness (QED) is 0.772. The van der Waals surface area contributed by atoms with Crippen LogP contribution in [0.1, 0.15) is 10.4 Å². The number of benzene rings is 2. The van der Waals surface area contributed by atoms with Crippen molar-refractivity contribution < 1.29 is 9.59 Å². The highest BCUT2D eigenvalue weighted by atomic mass is 35.5. The number of carbonyl (C=O) groups excluding carboxylic acids is 2. The van der Waals surface area contributed by atoms with Crippen LogP contribution in [0.4, 0.5) is 11.4 Å². The second kappa shape index (κ2) is 7.85. The van der Waals surface area contributed by atoms with Gasteiger partial charge in [0.25, 0.3) is 5.91 Å². The van der Waals surface area contributed by atoms with Crippen LogP contribution < -0.4 is 16.0 Å². The lowest BCUT2D eigenvalue weighted by Crippen LogP contribution is -2.22. The zero-order valence-electron chi connectivity index (χ0n) is 12.3. The Balaban J connectivity index is 1.97. The van der Waals surface area contributed by atoms with E-state index in [1.165, 1.54) is 0 Å². The van der Waals surface area contributed by atoms with E-state index in [1.807, 2.05) is 0 Å². The summed E-state index contributed by atoms with van der Waals surface area (Å²) in [5.41, 5.74) is 1.58. The fourth-order valence-electron chi connectivity index (χ4n) is 1.90. The monoisotopic (exact) mass is 351 g/mol. The lowest BCUT2D eigenvalue weighted by molar-refractivity contribution is -0.114. The highest BCUT2D eigenvalue weighted by Crippen LogP contribution is 2.29. The molecule has 0 bridgehead atoms. The summed E-state index contributed by atoms with van der Waals surface area (Å²) in [7, 11) is 1.55. The summed E-state index contributed by atoms with van der Waals surface area (Å²) in [6.45, 7) is 0.0181. The normalized spacial score (nSPS) is 10.0. The van der Waals surface area contributed by atoms with Gasteiger partial charge in [-0.05, 0) is 30.3 Å². The fraction of sp³-hybridized carbons (Fsp3) is 0.125. The third-order valence-corrected chi connectivity index (χ3v) is 3.85. The van der Waals surface area contributed by atoms with Crippen LogP contribution in [0.5, 0.6) is 0 Å². The number of hydrogen-bond donors (Lipinski definition) is 3. The van der Waals surface area contributed by atoms with Crippen molar-refractivity contribution >= 4 is 46.4 Å². The van der Waals surface area contributed by atoms with E-state index in [0.29, 0.717) is 27.0 Å². The van der Waals surface area contributed by atoms with Crippen molar-refractivity contribution in [2.24, 2.45) is 0 Å². The van der Waals surface area contributed by atoms with Crippen molar-refractivity contribution in [3.05, 3.63) is 58.1 Å². The number of carbonyl (C=O) groups is 2. The maximum absolute atomic E-state index is 12.0. The molecule has 0 aliphatic heterocycles. The summed E-state index contributed by atoms with van der Waals surface area (Å²) >= 11 is 11.9. The number of rotatable bonds is 5. The molecule has 0 atom stereocenters. The van der Waals surface area contributed by atoms with Gasteiger partial charge in [-0.25, -0.2) is 0 Å². The molecule has 0 saturated carbocycles. The molecule has 2 rings (SSSR count). The van der Waals surface area contributed by atoms with Crippen LogP contribution in [0.25, 0.3) is 0 Å². The second-order valence-corrected chi connectivity index (χ2v) is 5.45. The first-order chi connectivity index (χ1) is 11.0. The number of anilines is 2. The molecule has 0 radical (unpaired) electrons. The molecule has 0 heterocycles. The highest BCUT2D eigenvalue weighted by molar-refractivity contribution is 6.43. The van der Waals surface area contributed by atoms with E-state index in [9.17, 15) is 9.59 Å². The average molecular weight is 352 g/mol. The Kier molecular flexibility index (Phi) is 5.84. The third-order valence-electron chi connectivity index (χ3n) is 3.03. The molecule has 2 aromatic carbocycles. The molecule has 2 amide bonds. The minimum Gasteiger partial charge on any atom is -0.375 e. The minimum absolute atomic E-state index is 0.0181. The van der Waals surface area contributed by atoms with Crippen molar-refractivity contribution in [2.75, 3.05) is 24.2 Å². The van der Waals surface area contributed by atoms with Gasteiger partial charge in [0.1, 0.15) is 0 Å². The predicted octanol–water partition coefficient (Wildman–Crippen LogP) is 3.40. The van der Waals surface area contributed by atoms with Crippen molar-refractivity contribution in [2.45, 2.75) is 0 Å². The van der Waals surface area contributed by atoms with Gasteiger partial charge in [-0.15, -0.1) is 0 Å². The number of nitrogens with one attached hydrogen (secondary N) is 3. The minimum atomic E-state index is -0.268. The Labute approximate surface area is 144 Å². The summed E-state index contributed by atoms with van der Waals surface area (Å²) in [6, 6.07) is 11.8. The fourth-order valence-corrected chi connectivity index (χ4v) is 2.27. The van der Waals surface area contributed by atoms with Crippen LogP contribution in [-0.4, -0.2) is 25.4 Å². The Hall–Kier alpha value is -2.24. The Morgan fingerprint density at radius 1 is 1.09 bits per heavy atom. The van der Waals surface area contributed by atoms with Crippen LogP contribution in [0.3, 0.4) is 0 Å². The first-order valence-corrected chi connectivity index (χ1v) is 7.56. The molecule has 0 saturated heterocycles. The summed E-state index contributed by atoms with van der Waals surface area (Å²) in [5.74, 6) is -0.486. The number of hydrogen-bond acceptors (Lipinski definition) is 3. The van der Waals surface area contributed by atoms with E-state index in [2.05, 4.69) is 16.0 Å². The lowest BCUT2D eigenvalue weighted by atomic mass is 10.2. The molecule has 0 unspecified atom stereocenters. The average Bonchev–Trinajstić information content (AvgIpc) is 2.55. The molecule has 120 valence electrons. The summed E-state index contributed by atoms with van der Waals surface area (Å²) < 4.78 is 0. The maximum atomic E-state index is 12.0. The Bertz CT molecular complexity index is 735. The van der Waals surface area contributed by atoms with Gasteiger partial charge in [0.05, 0.1) is 22.3 Å². The van der Waals surface area contributed by atoms with E-state index in [-0.39, 0.29) is 18.4 Å². The third kappa shape index (κ3) is 4.61. The topological polar surface area (TPSA) is 70.2 Å². The zero-order valence-corrected chi connectivity index (χ0v) is 13.8. The zero-order chi connectivity index (χ0) is 16.8. The molecule has 2 aromatic rings. The molecule has 0 aliphatic rings. The van der Waals surface area contributed by atoms with Crippen LogP contribution in [0.2, 0.25) is 10.0 Å². The Morgan fingerprint density at radius 3 is 2.57 bits per heavy atom. The van der Waals surface area contributed by atoms with Gasteiger partial charge >= 0.3 is 0 Å². The SMILES string of the molecule is CNC(=O)c1cccc(NC(=O)CNc2cccc(Cl)c2Cl)c1. The van der Waals surface area contributed by atoms with Gasteiger partial charge in [-0.1, -0.05) is 35.3 Å². The number of halogens is 2. The van der Waals surface area contributed by atoms with Crippen molar-refractivity contribution in [3.63, 3.8) is 0 Å². The summed E-state index contributed by atoms with van der Waals surface area (Å²) in [5, 5.41) is 8.93. The summed E-state index contributed by atoms with van der Waals surface area (Å²) in [6.07, 6.45) is 0. The van der Waals surface area contributed by atoms with E-state index in [1.54, 1.807) is 49.5 Å². The smallest absolute Gasteiger partial charge is 0.251 e. The lowest BCUT2D eigenvalue weighted by Gasteiger charge is -2.10. The van der Waals surface area contributed by atoms with Crippen LogP contribution >= 0.6 is 23.2 Å². The molecular weight excluding hydrogens is 337 g/mol. The largest absolute Gasteiger partial charge is 0.375 e. The van der Waals surface area contributed by atoms with Crippen LogP contribution in [-0.2, 0) is 4.79 Å². The highest BCUT2D eigenvalue weighted by Gasteiger charge is 2.08. The molecular formula is C16H15Cl2N3O2. The van der Waals surface area contributed by atoms with Crippen LogP contribution in [0.15, 0.2) is 42.5 Å². The van der Waals surface area contributed by atoms with E-state index >= 15 is 0 Å². The molecule has 0 fully saturated rings. The van der Waals surface area contributed by atoms with Gasteiger partial charge in [-0.3, -0.25) is 9.59 Å². The molecule has 0 spiro atoms. The van der Waals surface area contributed by atoms with Crippen molar-refractivity contribution in [1.29, 1.82) is 0 Å². The molecule has 23 heavy (non-hydrogen) atoms.